The zero-order chi connectivity index (χ0) is 33.2. The van der Waals surface area contributed by atoms with E-state index in [2.05, 4.69) is 21.3 Å². The van der Waals surface area contributed by atoms with Gasteiger partial charge in [0.25, 0.3) is 0 Å². The lowest BCUT2D eigenvalue weighted by molar-refractivity contribution is -0.142. The molecule has 0 spiro atoms. The Morgan fingerprint density at radius 2 is 1.70 bits per heavy atom. The van der Waals surface area contributed by atoms with E-state index >= 15 is 0 Å². The molecule has 1 aromatic carbocycles. The van der Waals surface area contributed by atoms with E-state index in [4.69, 9.17) is 11.5 Å². The third-order valence-corrected chi connectivity index (χ3v) is 8.79. The van der Waals surface area contributed by atoms with Gasteiger partial charge in [-0.05, 0) is 81.2 Å². The maximum atomic E-state index is 13.5. The molecule has 2 saturated heterocycles. The number of hydrogen-bond acceptors (Lipinski definition) is 8. The van der Waals surface area contributed by atoms with Crippen LogP contribution in [0.2, 0.25) is 0 Å². The number of unbranched alkanes of at least 4 members (excludes halogenated alkanes) is 1. The van der Waals surface area contributed by atoms with Gasteiger partial charge in [0.15, 0.2) is 0 Å². The van der Waals surface area contributed by atoms with Crippen molar-refractivity contribution in [3.8, 4) is 0 Å². The number of amides is 5. The highest BCUT2D eigenvalue weighted by atomic mass is 16.4. The fourth-order valence-electron chi connectivity index (χ4n) is 6.35. The number of benzene rings is 1. The van der Waals surface area contributed by atoms with E-state index < -0.39 is 60.2 Å². The number of carboxylic acid groups (broad SMARTS) is 1. The van der Waals surface area contributed by atoms with E-state index in [1.54, 1.807) is 4.90 Å². The number of nitrogens with one attached hydrogen (secondary N) is 4. The molecule has 250 valence electrons. The van der Waals surface area contributed by atoms with Crippen LogP contribution in [0.15, 0.2) is 30.3 Å². The third kappa shape index (κ3) is 8.91. The van der Waals surface area contributed by atoms with E-state index in [1.807, 2.05) is 30.3 Å². The van der Waals surface area contributed by atoms with Crippen LogP contribution in [-0.2, 0) is 35.2 Å². The summed E-state index contributed by atoms with van der Waals surface area (Å²) in [7, 11) is 0. The lowest BCUT2D eigenvalue weighted by Crippen LogP contribution is -2.58. The normalized spacial score (nSPS) is 20.6. The van der Waals surface area contributed by atoms with E-state index in [9.17, 15) is 33.9 Å². The van der Waals surface area contributed by atoms with Gasteiger partial charge < -0.3 is 42.7 Å². The van der Waals surface area contributed by atoms with Gasteiger partial charge in [-0.25, -0.2) is 4.79 Å². The van der Waals surface area contributed by atoms with Crippen LogP contribution in [-0.4, -0.2) is 95.4 Å². The Morgan fingerprint density at radius 3 is 2.39 bits per heavy atom. The van der Waals surface area contributed by atoms with Crippen molar-refractivity contribution in [1.29, 1.82) is 0 Å². The summed E-state index contributed by atoms with van der Waals surface area (Å²) in [6, 6.07) is 2.59. The zero-order valence-electron chi connectivity index (χ0n) is 26.0. The predicted octanol–water partition coefficient (Wildman–Crippen LogP) is -0.697. The number of hydrogen-bond donors (Lipinski definition) is 7. The van der Waals surface area contributed by atoms with Crippen molar-refractivity contribution in [1.82, 2.24) is 26.2 Å². The summed E-state index contributed by atoms with van der Waals surface area (Å²) in [5.41, 5.74) is 13.8. The van der Waals surface area contributed by atoms with Gasteiger partial charge in [-0.1, -0.05) is 30.3 Å². The van der Waals surface area contributed by atoms with Gasteiger partial charge in [0.1, 0.15) is 24.2 Å². The molecule has 0 saturated carbocycles. The molecule has 14 nitrogen and oxygen atoms in total. The van der Waals surface area contributed by atoms with Crippen LogP contribution in [0.1, 0.15) is 68.9 Å². The van der Waals surface area contributed by atoms with Gasteiger partial charge in [0, 0.05) is 13.0 Å². The second kappa shape index (κ2) is 16.3. The molecule has 0 bridgehead atoms. The molecule has 4 rings (SSSR count). The van der Waals surface area contributed by atoms with Gasteiger partial charge in [-0.2, -0.15) is 0 Å². The molecule has 14 heteroatoms. The first-order valence-corrected chi connectivity index (χ1v) is 16.0. The van der Waals surface area contributed by atoms with Crippen LogP contribution >= 0.6 is 0 Å². The van der Waals surface area contributed by atoms with E-state index in [0.717, 1.165) is 29.7 Å². The molecule has 0 aromatic heterocycles. The number of rotatable bonds is 16. The van der Waals surface area contributed by atoms with E-state index in [0.29, 0.717) is 51.6 Å². The van der Waals surface area contributed by atoms with Gasteiger partial charge in [0.05, 0.1) is 12.5 Å². The fraction of sp³-hybridized carbons (Fsp3) is 0.562. The molecule has 2 aliphatic heterocycles. The Kier molecular flexibility index (Phi) is 12.3. The second-order valence-corrected chi connectivity index (χ2v) is 12.1. The summed E-state index contributed by atoms with van der Waals surface area (Å²) in [6.45, 7) is 1.54. The Balaban J connectivity index is 1.43. The van der Waals surface area contributed by atoms with Gasteiger partial charge >= 0.3 is 5.97 Å². The number of carbonyl (C=O) groups is 6. The topological polar surface area (TPSA) is 226 Å². The highest BCUT2D eigenvalue weighted by Crippen LogP contribution is 2.30. The molecular weight excluding hydrogens is 594 g/mol. The Hall–Kier alpha value is -4.30. The number of primary amides is 1. The quantitative estimate of drug-likeness (QED) is 0.113. The molecule has 1 aromatic rings. The molecule has 5 amide bonds. The van der Waals surface area contributed by atoms with Gasteiger partial charge in [-0.3, -0.25) is 24.0 Å². The van der Waals surface area contributed by atoms with Crippen molar-refractivity contribution in [3.05, 3.63) is 41.5 Å². The monoisotopic (exact) mass is 639 g/mol. The van der Waals surface area contributed by atoms with Crippen molar-refractivity contribution in [2.45, 2.75) is 94.4 Å². The molecule has 2 fully saturated rings. The summed E-state index contributed by atoms with van der Waals surface area (Å²) >= 11 is 0. The van der Waals surface area contributed by atoms with Crippen molar-refractivity contribution in [3.63, 3.8) is 0 Å². The highest BCUT2D eigenvalue weighted by molar-refractivity contribution is 5.97. The van der Waals surface area contributed by atoms with E-state index in [-0.39, 0.29) is 24.8 Å². The summed E-state index contributed by atoms with van der Waals surface area (Å²) in [5.74, 6) is -4.41. The average molecular weight is 640 g/mol. The number of fused-ring (bicyclic) bond motifs is 1. The zero-order valence-corrected chi connectivity index (χ0v) is 26.0. The van der Waals surface area contributed by atoms with Crippen LogP contribution in [0.4, 0.5) is 0 Å². The lowest BCUT2D eigenvalue weighted by Gasteiger charge is -2.29. The largest absolute Gasteiger partial charge is 0.480 e. The molecule has 0 radical (unpaired) electrons. The lowest BCUT2D eigenvalue weighted by atomic mass is 9.99. The number of carbonyl (C=O) groups excluding carboxylic acids is 5. The summed E-state index contributed by atoms with van der Waals surface area (Å²) < 4.78 is 0. The second-order valence-electron chi connectivity index (χ2n) is 12.1. The van der Waals surface area contributed by atoms with Crippen LogP contribution in [0.25, 0.3) is 5.57 Å². The molecule has 9 N–H and O–H groups in total. The van der Waals surface area contributed by atoms with Crippen LogP contribution < -0.4 is 32.7 Å². The standard InChI is InChI=1S/C32H45N7O7/c33-14-4-3-9-22(36-30(43)26-11-6-16-39(26)31(44)23-10-5-15-35-23)28(41)37-24(18-27(34)40)29(42)38-25(32(45)46)17-20-13-12-19-7-1-2-8-21(19)20/h1-2,7-8,13,22-26,35H,3-6,9-12,14-18,33H2,(H2,34,40)(H,36,43)(H,37,41)(H,38,42)(H,45,46)/t22-,23+,24+,25-,26-/m1/s1. The van der Waals surface area contributed by atoms with Crippen molar-refractivity contribution >= 4 is 41.1 Å². The van der Waals surface area contributed by atoms with Crippen molar-refractivity contribution in [2.75, 3.05) is 19.6 Å². The number of likely N-dealkylation sites (tertiary alicyclic amines) is 1. The SMILES string of the molecule is NCCCC[C@@H](NC(=O)[C@H]1CCCN1C(=O)[C@@H]1CCCN1)C(=O)N[C@@H](CC(N)=O)C(=O)N[C@H](CC1=CCc2ccccc21)C(=O)O. The fourth-order valence-corrected chi connectivity index (χ4v) is 6.35. The third-order valence-electron chi connectivity index (χ3n) is 8.79. The van der Waals surface area contributed by atoms with Crippen LogP contribution in [0, 0.1) is 0 Å². The number of nitrogens with two attached hydrogens (primary N) is 2. The maximum Gasteiger partial charge on any atom is 0.326 e. The molecule has 0 unspecified atom stereocenters. The Morgan fingerprint density at radius 1 is 0.957 bits per heavy atom. The molecular formula is C32H45N7O7. The first-order chi connectivity index (χ1) is 22.1. The van der Waals surface area contributed by atoms with Crippen LogP contribution in [0.5, 0.6) is 0 Å². The van der Waals surface area contributed by atoms with Gasteiger partial charge in [0.2, 0.25) is 29.5 Å². The number of aliphatic carboxylic acids is 1. The summed E-state index contributed by atoms with van der Waals surface area (Å²) in [6.07, 6.45) is 5.90. The van der Waals surface area contributed by atoms with Crippen molar-refractivity contribution in [2.24, 2.45) is 11.5 Å². The molecule has 5 atom stereocenters. The summed E-state index contributed by atoms with van der Waals surface area (Å²) in [4.78, 5) is 79.0. The molecule has 3 aliphatic rings. The number of nitrogens with zero attached hydrogens (tertiary/aromatic N) is 1. The van der Waals surface area contributed by atoms with E-state index in [1.165, 1.54) is 0 Å². The minimum atomic E-state index is -1.48. The number of allylic oxidation sites excluding steroid dienone is 1. The minimum absolute atomic E-state index is 0.0000808. The van der Waals surface area contributed by atoms with Crippen molar-refractivity contribution < 1.29 is 33.9 Å². The summed E-state index contributed by atoms with van der Waals surface area (Å²) in [5, 5.41) is 20.8. The molecule has 46 heavy (non-hydrogen) atoms. The first-order valence-electron chi connectivity index (χ1n) is 16.0. The predicted molar refractivity (Wildman–Crippen MR) is 169 cm³/mol. The Labute approximate surface area is 268 Å². The highest BCUT2D eigenvalue weighted by Gasteiger charge is 2.39. The molecule has 2 heterocycles. The van der Waals surface area contributed by atoms with Crippen LogP contribution in [0.3, 0.4) is 0 Å². The number of carboxylic acids is 1. The maximum absolute atomic E-state index is 13.5. The smallest absolute Gasteiger partial charge is 0.326 e. The Bertz CT molecular complexity index is 1340. The first kappa shape index (κ1) is 34.6. The van der Waals surface area contributed by atoms with Gasteiger partial charge in [-0.15, -0.1) is 0 Å². The molecule has 1 aliphatic carbocycles. The average Bonchev–Trinajstić information content (AvgIpc) is 3.81. The minimum Gasteiger partial charge on any atom is -0.480 e.